The van der Waals surface area contributed by atoms with Crippen molar-refractivity contribution in [1.82, 2.24) is 0 Å². The summed E-state index contributed by atoms with van der Waals surface area (Å²) in [5.74, 6) is -0.445. The van der Waals surface area contributed by atoms with Gasteiger partial charge in [-0.05, 0) is 49.8 Å². The van der Waals surface area contributed by atoms with E-state index in [4.69, 9.17) is 25.8 Å². The van der Waals surface area contributed by atoms with Crippen LogP contribution < -0.4 is 14.8 Å². The van der Waals surface area contributed by atoms with Gasteiger partial charge in [0.15, 0.2) is 18.1 Å². The Morgan fingerprint density at radius 3 is 2.52 bits per heavy atom. The van der Waals surface area contributed by atoms with E-state index in [1.165, 1.54) is 6.08 Å². The highest BCUT2D eigenvalue weighted by Gasteiger charge is 2.16. The number of para-hydroxylation sites is 1. The van der Waals surface area contributed by atoms with Crippen molar-refractivity contribution in [3.63, 3.8) is 0 Å². The summed E-state index contributed by atoms with van der Waals surface area (Å²) in [5.41, 5.74) is 0.771. The molecule has 2 aromatic carbocycles. The molecule has 0 aromatic heterocycles. The standard InChI is InChI=1S/C22H20BrClN2O5/c1-3-29-19-10-14(16(23)11-20(19)31-13-21(27)30-4-2)9-15(12-25)22(28)26-18-8-6-5-7-17(18)24/h5-11H,3-4,13H2,1-2H3,(H,26,28)/b15-9+. The van der Waals surface area contributed by atoms with E-state index in [2.05, 4.69) is 21.2 Å². The van der Waals surface area contributed by atoms with Gasteiger partial charge in [-0.1, -0.05) is 39.7 Å². The summed E-state index contributed by atoms with van der Waals surface area (Å²) in [4.78, 5) is 24.1. The second-order valence-electron chi connectivity index (χ2n) is 5.95. The average molecular weight is 508 g/mol. The summed E-state index contributed by atoms with van der Waals surface area (Å²) in [5, 5.41) is 12.5. The molecule has 0 spiro atoms. The minimum absolute atomic E-state index is 0.136. The van der Waals surface area contributed by atoms with Crippen LogP contribution in [0.1, 0.15) is 19.4 Å². The summed E-state index contributed by atoms with van der Waals surface area (Å²) < 4.78 is 16.5. The molecule has 1 amide bonds. The van der Waals surface area contributed by atoms with Gasteiger partial charge < -0.3 is 19.5 Å². The molecule has 0 radical (unpaired) electrons. The van der Waals surface area contributed by atoms with E-state index in [-0.39, 0.29) is 18.8 Å². The molecule has 0 fully saturated rings. The number of amides is 1. The Morgan fingerprint density at radius 1 is 1.16 bits per heavy atom. The zero-order chi connectivity index (χ0) is 22.8. The molecule has 31 heavy (non-hydrogen) atoms. The van der Waals surface area contributed by atoms with Gasteiger partial charge in [-0.25, -0.2) is 4.79 Å². The van der Waals surface area contributed by atoms with Crippen molar-refractivity contribution < 1.29 is 23.8 Å². The van der Waals surface area contributed by atoms with E-state index in [1.807, 2.05) is 6.07 Å². The van der Waals surface area contributed by atoms with Crippen LogP contribution in [0.3, 0.4) is 0 Å². The molecule has 0 saturated carbocycles. The molecule has 9 heteroatoms. The molecule has 0 bridgehead atoms. The monoisotopic (exact) mass is 506 g/mol. The minimum Gasteiger partial charge on any atom is -0.490 e. The summed E-state index contributed by atoms with van der Waals surface area (Å²) in [7, 11) is 0. The van der Waals surface area contributed by atoms with Crippen LogP contribution in [0.25, 0.3) is 6.08 Å². The molecule has 0 atom stereocenters. The number of nitrogens with one attached hydrogen (secondary N) is 1. The van der Waals surface area contributed by atoms with E-state index in [1.54, 1.807) is 50.2 Å². The first kappa shape index (κ1) is 24.3. The maximum atomic E-state index is 12.5. The van der Waals surface area contributed by atoms with E-state index < -0.39 is 11.9 Å². The molecular formula is C22H20BrClN2O5. The fraction of sp³-hybridized carbons (Fsp3) is 0.227. The number of carbonyl (C=O) groups excluding carboxylic acids is 2. The number of carbonyl (C=O) groups is 2. The van der Waals surface area contributed by atoms with E-state index in [9.17, 15) is 14.9 Å². The van der Waals surface area contributed by atoms with Gasteiger partial charge in [0.25, 0.3) is 5.91 Å². The topological polar surface area (TPSA) is 97.7 Å². The lowest BCUT2D eigenvalue weighted by Crippen LogP contribution is -2.15. The van der Waals surface area contributed by atoms with Crippen molar-refractivity contribution in [2.75, 3.05) is 25.1 Å². The summed E-state index contributed by atoms with van der Waals surface area (Å²) >= 11 is 9.46. The summed E-state index contributed by atoms with van der Waals surface area (Å²) in [6.07, 6.45) is 1.41. The molecule has 0 aliphatic rings. The molecule has 7 nitrogen and oxygen atoms in total. The van der Waals surface area contributed by atoms with Crippen LogP contribution in [-0.4, -0.2) is 31.7 Å². The SMILES string of the molecule is CCOC(=O)COc1cc(Br)c(/C=C(\C#N)C(=O)Nc2ccccc2Cl)cc1OCC. The van der Waals surface area contributed by atoms with Gasteiger partial charge in [-0.15, -0.1) is 0 Å². The normalized spacial score (nSPS) is 10.7. The van der Waals surface area contributed by atoms with Gasteiger partial charge in [-0.2, -0.15) is 5.26 Å². The highest BCUT2D eigenvalue weighted by Crippen LogP contribution is 2.35. The molecule has 162 valence electrons. The van der Waals surface area contributed by atoms with E-state index in [0.717, 1.165) is 0 Å². The van der Waals surface area contributed by atoms with E-state index in [0.29, 0.717) is 38.9 Å². The fourth-order valence-corrected chi connectivity index (χ4v) is 3.06. The lowest BCUT2D eigenvalue weighted by Gasteiger charge is -2.14. The number of esters is 1. The van der Waals surface area contributed by atoms with Crippen LogP contribution in [-0.2, 0) is 14.3 Å². The van der Waals surface area contributed by atoms with Crippen molar-refractivity contribution in [1.29, 1.82) is 5.26 Å². The van der Waals surface area contributed by atoms with Crippen molar-refractivity contribution in [3.05, 3.63) is 57.0 Å². The van der Waals surface area contributed by atoms with Gasteiger partial charge in [0, 0.05) is 4.47 Å². The van der Waals surface area contributed by atoms with Crippen LogP contribution in [0, 0.1) is 11.3 Å². The maximum Gasteiger partial charge on any atom is 0.344 e. The van der Waals surface area contributed by atoms with Gasteiger partial charge in [0.05, 0.1) is 23.9 Å². The van der Waals surface area contributed by atoms with Crippen molar-refractivity contribution in [3.8, 4) is 17.6 Å². The van der Waals surface area contributed by atoms with Crippen LogP contribution in [0.5, 0.6) is 11.5 Å². The molecule has 0 aliphatic heterocycles. The van der Waals surface area contributed by atoms with Gasteiger partial charge >= 0.3 is 5.97 Å². The smallest absolute Gasteiger partial charge is 0.344 e. The van der Waals surface area contributed by atoms with Gasteiger partial charge in [0.1, 0.15) is 11.6 Å². The van der Waals surface area contributed by atoms with Crippen molar-refractivity contribution in [2.45, 2.75) is 13.8 Å². The number of benzene rings is 2. The zero-order valence-corrected chi connectivity index (χ0v) is 19.2. The Kier molecular flexibility index (Phi) is 9.38. The number of nitriles is 1. The number of halogens is 2. The van der Waals surface area contributed by atoms with E-state index >= 15 is 0 Å². The number of ether oxygens (including phenoxy) is 3. The van der Waals surface area contributed by atoms with Gasteiger partial charge in [-0.3, -0.25) is 4.79 Å². The minimum atomic E-state index is -0.608. The quantitative estimate of drug-likeness (QED) is 0.292. The van der Waals surface area contributed by atoms with Gasteiger partial charge in [0.2, 0.25) is 0 Å². The molecule has 0 saturated heterocycles. The molecule has 2 aromatic rings. The Hall–Kier alpha value is -3.02. The first-order valence-corrected chi connectivity index (χ1v) is 10.5. The molecule has 0 unspecified atom stereocenters. The number of rotatable bonds is 9. The third kappa shape index (κ3) is 7.02. The second-order valence-corrected chi connectivity index (χ2v) is 7.21. The fourth-order valence-electron chi connectivity index (χ4n) is 2.44. The Labute approximate surface area is 193 Å². The highest BCUT2D eigenvalue weighted by atomic mass is 79.9. The predicted octanol–water partition coefficient (Wildman–Crippen LogP) is 4.99. The average Bonchev–Trinajstić information content (AvgIpc) is 2.74. The van der Waals surface area contributed by atoms with Crippen LogP contribution in [0.4, 0.5) is 5.69 Å². The lowest BCUT2D eigenvalue weighted by atomic mass is 10.1. The highest BCUT2D eigenvalue weighted by molar-refractivity contribution is 9.10. The lowest BCUT2D eigenvalue weighted by molar-refractivity contribution is -0.145. The molecule has 0 heterocycles. The first-order valence-electron chi connectivity index (χ1n) is 9.32. The Balaban J connectivity index is 2.30. The first-order chi connectivity index (χ1) is 14.9. The summed E-state index contributed by atoms with van der Waals surface area (Å²) in [6, 6.07) is 11.8. The Morgan fingerprint density at radius 2 is 1.87 bits per heavy atom. The predicted molar refractivity (Wildman–Crippen MR) is 121 cm³/mol. The molecule has 1 N–H and O–H groups in total. The molecule has 0 aliphatic carbocycles. The third-order valence-electron chi connectivity index (χ3n) is 3.80. The molecule has 2 rings (SSSR count). The number of hydrogen-bond donors (Lipinski definition) is 1. The largest absolute Gasteiger partial charge is 0.490 e. The maximum absolute atomic E-state index is 12.5. The second kappa shape index (κ2) is 12.0. The number of nitrogens with zero attached hydrogens (tertiary/aromatic N) is 1. The summed E-state index contributed by atoms with van der Waals surface area (Å²) in [6.45, 7) is 3.82. The molecular weight excluding hydrogens is 488 g/mol. The van der Waals surface area contributed by atoms with Crippen molar-refractivity contribution >= 4 is 51.2 Å². The number of anilines is 1. The van der Waals surface area contributed by atoms with Crippen LogP contribution in [0.15, 0.2) is 46.4 Å². The number of hydrogen-bond acceptors (Lipinski definition) is 6. The zero-order valence-electron chi connectivity index (χ0n) is 16.9. The van der Waals surface area contributed by atoms with Crippen LogP contribution in [0.2, 0.25) is 5.02 Å². The Bertz CT molecular complexity index is 1030. The van der Waals surface area contributed by atoms with Crippen molar-refractivity contribution in [2.24, 2.45) is 0 Å². The van der Waals surface area contributed by atoms with Crippen LogP contribution >= 0.6 is 27.5 Å². The third-order valence-corrected chi connectivity index (χ3v) is 4.82.